The minimum Gasteiger partial charge on any atom is -0.453 e. The summed E-state index contributed by atoms with van der Waals surface area (Å²) in [5.74, 6) is -1.80. The van der Waals surface area contributed by atoms with E-state index in [9.17, 15) is 32.9 Å². The lowest BCUT2D eigenvalue weighted by atomic mass is 10.1. The zero-order valence-electron chi connectivity index (χ0n) is 12.4. The Labute approximate surface area is 135 Å². The number of nitro benzene ring substituents is 1. The molecule has 0 fully saturated rings. The van der Waals surface area contributed by atoms with Gasteiger partial charge >= 0.3 is 6.18 Å². The van der Waals surface area contributed by atoms with Gasteiger partial charge in [-0.15, -0.1) is 0 Å². The van der Waals surface area contributed by atoms with Gasteiger partial charge in [-0.3, -0.25) is 29.5 Å². The van der Waals surface area contributed by atoms with Crippen LogP contribution >= 0.6 is 0 Å². The van der Waals surface area contributed by atoms with Gasteiger partial charge in [0.15, 0.2) is 11.5 Å². The van der Waals surface area contributed by atoms with Crippen LogP contribution in [0.5, 0.6) is 0 Å². The third-order valence-electron chi connectivity index (χ3n) is 3.49. The van der Waals surface area contributed by atoms with E-state index in [1.54, 1.807) is 5.10 Å². The zero-order valence-corrected chi connectivity index (χ0v) is 12.4. The molecule has 0 saturated carbocycles. The molecule has 0 aliphatic heterocycles. The average molecular weight is 355 g/mol. The predicted octanol–water partition coefficient (Wildman–Crippen LogP) is 2.62. The van der Waals surface area contributed by atoms with Gasteiger partial charge in [0, 0.05) is 24.6 Å². The fraction of sp³-hybridized carbons (Fsp3) is 0.143. The van der Waals surface area contributed by atoms with Crippen molar-refractivity contribution in [2.24, 2.45) is 7.05 Å². The van der Waals surface area contributed by atoms with E-state index in [0.29, 0.717) is 4.68 Å². The van der Waals surface area contributed by atoms with E-state index in [1.165, 1.54) is 6.07 Å². The van der Waals surface area contributed by atoms with Crippen molar-refractivity contribution in [3.63, 3.8) is 0 Å². The maximum absolute atomic E-state index is 13.0. The number of alkyl halides is 3. The van der Waals surface area contributed by atoms with Crippen LogP contribution in [0.4, 0.5) is 18.9 Å². The van der Waals surface area contributed by atoms with Crippen LogP contribution in [0.3, 0.4) is 0 Å². The maximum atomic E-state index is 13.0. The number of rotatable bonds is 3. The number of nitrogens with zero attached hydrogens (tertiary/aromatic N) is 2. The second kappa shape index (κ2) is 5.33. The number of hydrogen-bond acceptors (Lipinski definition) is 5. The number of aryl methyl sites for hydroxylation is 1. The summed E-state index contributed by atoms with van der Waals surface area (Å²) in [5.41, 5.74) is -3.97. The first-order chi connectivity index (χ1) is 11.6. The van der Waals surface area contributed by atoms with Crippen LogP contribution in [-0.2, 0) is 13.2 Å². The molecule has 0 saturated heterocycles. The van der Waals surface area contributed by atoms with Gasteiger partial charge < -0.3 is 4.42 Å². The quantitative estimate of drug-likeness (QED) is 0.441. The van der Waals surface area contributed by atoms with Crippen LogP contribution in [0, 0.1) is 10.1 Å². The number of H-pyrrole nitrogens is 1. The molecule has 11 heteroatoms. The van der Waals surface area contributed by atoms with Gasteiger partial charge in [-0.25, -0.2) is 0 Å². The number of ketones is 1. The van der Waals surface area contributed by atoms with E-state index in [2.05, 4.69) is 0 Å². The van der Waals surface area contributed by atoms with Crippen LogP contribution in [0.1, 0.15) is 21.8 Å². The van der Waals surface area contributed by atoms with E-state index >= 15 is 0 Å². The van der Waals surface area contributed by atoms with Crippen LogP contribution in [0.25, 0.3) is 11.0 Å². The summed E-state index contributed by atoms with van der Waals surface area (Å²) >= 11 is 0. The molecule has 0 aliphatic rings. The molecule has 8 nitrogen and oxygen atoms in total. The Bertz CT molecular complexity index is 1070. The molecule has 1 aromatic carbocycles. The molecule has 1 N–H and O–H groups in total. The molecule has 0 bridgehead atoms. The molecule has 0 unspecified atom stereocenters. The number of non-ortho nitro benzene ring substituents is 1. The first kappa shape index (κ1) is 16.5. The number of halogens is 3. The first-order valence-corrected chi connectivity index (χ1v) is 6.68. The third-order valence-corrected chi connectivity index (χ3v) is 3.49. The summed E-state index contributed by atoms with van der Waals surface area (Å²) in [6, 6.07) is 4.49. The fourth-order valence-corrected chi connectivity index (χ4v) is 2.34. The number of nitro groups is 1. The van der Waals surface area contributed by atoms with Gasteiger partial charge in [0.05, 0.1) is 4.92 Å². The number of nitrogens with one attached hydrogen (secondary N) is 1. The van der Waals surface area contributed by atoms with Crippen molar-refractivity contribution in [1.82, 2.24) is 9.78 Å². The summed E-state index contributed by atoms with van der Waals surface area (Å²) in [6.07, 6.45) is -4.95. The van der Waals surface area contributed by atoms with E-state index in [4.69, 9.17) is 4.42 Å². The molecular formula is C14H8F3N3O5. The number of aromatic nitrogens is 2. The van der Waals surface area contributed by atoms with Crippen LogP contribution in [-0.4, -0.2) is 20.5 Å². The minimum atomic E-state index is -4.95. The lowest BCUT2D eigenvalue weighted by Crippen LogP contribution is -2.21. The van der Waals surface area contributed by atoms with Gasteiger partial charge in [-0.05, 0) is 12.1 Å². The number of carbonyl (C=O) groups is 1. The standard InChI is InChI=1S/C14H8F3N3O5/c1-19-13(22)10(12(18-19)14(15,16)17)11(21)9-5-6-4-7(20(23)24)2-3-8(6)25-9/h2-5,18H,1H3. The average Bonchev–Trinajstić information content (AvgIpc) is 3.07. The molecule has 3 rings (SSSR count). The number of hydrogen-bond donors (Lipinski definition) is 1. The number of furan rings is 1. The van der Waals surface area contributed by atoms with Crippen molar-refractivity contribution in [1.29, 1.82) is 0 Å². The second-order valence-electron chi connectivity index (χ2n) is 5.14. The summed E-state index contributed by atoms with van der Waals surface area (Å²) in [7, 11) is 1.04. The summed E-state index contributed by atoms with van der Waals surface area (Å²) in [4.78, 5) is 34.3. The van der Waals surface area contributed by atoms with Crippen molar-refractivity contribution in [2.75, 3.05) is 0 Å². The summed E-state index contributed by atoms with van der Waals surface area (Å²) < 4.78 is 44.7. The highest BCUT2D eigenvalue weighted by Gasteiger charge is 2.40. The molecule has 0 amide bonds. The number of aromatic amines is 1. The molecule has 130 valence electrons. The highest BCUT2D eigenvalue weighted by atomic mass is 19.4. The molecule has 2 aromatic heterocycles. The zero-order chi connectivity index (χ0) is 18.5. The van der Waals surface area contributed by atoms with E-state index < -0.39 is 39.5 Å². The van der Waals surface area contributed by atoms with Gasteiger partial charge in [0.2, 0.25) is 5.78 Å². The van der Waals surface area contributed by atoms with E-state index in [0.717, 1.165) is 25.2 Å². The number of benzene rings is 1. The van der Waals surface area contributed by atoms with Gasteiger partial charge in [-0.1, -0.05) is 0 Å². The molecule has 2 heterocycles. The van der Waals surface area contributed by atoms with Crippen molar-refractivity contribution in [3.8, 4) is 0 Å². The largest absolute Gasteiger partial charge is 0.453 e. The van der Waals surface area contributed by atoms with Gasteiger partial charge in [0.1, 0.15) is 11.1 Å². The lowest BCUT2D eigenvalue weighted by molar-refractivity contribution is -0.384. The number of carbonyl (C=O) groups excluding carboxylic acids is 1. The minimum absolute atomic E-state index is 0.0647. The summed E-state index contributed by atoms with van der Waals surface area (Å²) in [5, 5.41) is 12.7. The van der Waals surface area contributed by atoms with Crippen LogP contribution in [0.15, 0.2) is 33.5 Å². The lowest BCUT2D eigenvalue weighted by Gasteiger charge is -2.04. The fourth-order valence-electron chi connectivity index (χ4n) is 2.34. The van der Waals surface area contributed by atoms with Crippen LogP contribution in [0.2, 0.25) is 0 Å². The van der Waals surface area contributed by atoms with Crippen molar-refractivity contribution < 1.29 is 27.3 Å². The Hall–Kier alpha value is -3.37. The SMILES string of the molecule is Cn1[nH]c(C(F)(F)F)c(C(=O)c2cc3cc([N+](=O)[O-])ccc3o2)c1=O. The highest BCUT2D eigenvalue weighted by molar-refractivity contribution is 6.09. The monoisotopic (exact) mass is 355 g/mol. The van der Waals surface area contributed by atoms with Gasteiger partial charge in [0.25, 0.3) is 11.2 Å². The smallest absolute Gasteiger partial charge is 0.433 e. The molecule has 25 heavy (non-hydrogen) atoms. The molecular weight excluding hydrogens is 347 g/mol. The molecule has 0 spiro atoms. The van der Waals surface area contributed by atoms with E-state index in [-0.39, 0.29) is 16.7 Å². The topological polar surface area (TPSA) is 111 Å². The molecule has 0 aliphatic carbocycles. The van der Waals surface area contributed by atoms with E-state index in [1.807, 2.05) is 0 Å². The molecule has 0 radical (unpaired) electrons. The van der Waals surface area contributed by atoms with Crippen molar-refractivity contribution in [3.05, 3.63) is 61.8 Å². The number of fused-ring (bicyclic) bond motifs is 1. The predicted molar refractivity (Wildman–Crippen MR) is 77.3 cm³/mol. The first-order valence-electron chi connectivity index (χ1n) is 6.68. The second-order valence-corrected chi connectivity index (χ2v) is 5.14. The van der Waals surface area contributed by atoms with Crippen LogP contribution < -0.4 is 5.56 Å². The Balaban J connectivity index is 2.15. The normalized spacial score (nSPS) is 11.8. The summed E-state index contributed by atoms with van der Waals surface area (Å²) in [6.45, 7) is 0. The highest BCUT2D eigenvalue weighted by Crippen LogP contribution is 2.31. The van der Waals surface area contributed by atoms with Gasteiger partial charge in [-0.2, -0.15) is 13.2 Å². The molecule has 0 atom stereocenters. The molecule has 3 aromatic rings. The maximum Gasteiger partial charge on any atom is 0.433 e. The Morgan fingerprint density at radius 3 is 2.60 bits per heavy atom. The Morgan fingerprint density at radius 2 is 2.00 bits per heavy atom. The van der Waals surface area contributed by atoms with Crippen molar-refractivity contribution in [2.45, 2.75) is 6.18 Å². The Morgan fingerprint density at radius 1 is 1.32 bits per heavy atom. The van der Waals surface area contributed by atoms with Crippen molar-refractivity contribution >= 4 is 22.4 Å². The third kappa shape index (κ3) is 2.69. The Kier molecular flexibility index (Phi) is 3.51.